The van der Waals surface area contributed by atoms with Crippen LogP contribution in [0.15, 0.2) is 30.3 Å². The number of methoxy groups -OCH3 is 2. The molecule has 170 valence electrons. The van der Waals surface area contributed by atoms with E-state index < -0.39 is 9.84 Å². The maximum absolute atomic E-state index is 13.0. The van der Waals surface area contributed by atoms with Crippen LogP contribution in [-0.2, 0) is 14.6 Å². The van der Waals surface area contributed by atoms with Crippen molar-refractivity contribution in [3.05, 3.63) is 41.9 Å². The van der Waals surface area contributed by atoms with Gasteiger partial charge in [-0.25, -0.2) is 18.4 Å². The summed E-state index contributed by atoms with van der Waals surface area (Å²) in [5.41, 5.74) is 2.69. The number of ether oxygens (including phenoxy) is 2. The average molecular weight is 459 g/mol. The molecule has 4 rings (SSSR count). The van der Waals surface area contributed by atoms with E-state index in [-0.39, 0.29) is 29.1 Å². The summed E-state index contributed by atoms with van der Waals surface area (Å²) in [7, 11) is 0.0553. The molecule has 0 saturated carbocycles. The van der Waals surface area contributed by atoms with Crippen molar-refractivity contribution >= 4 is 26.8 Å². The van der Waals surface area contributed by atoms with Crippen molar-refractivity contribution in [2.75, 3.05) is 38.9 Å². The van der Waals surface area contributed by atoms with Crippen LogP contribution in [0, 0.1) is 6.92 Å². The Morgan fingerprint density at radius 1 is 1.25 bits per heavy atom. The van der Waals surface area contributed by atoms with Gasteiger partial charge in [0.1, 0.15) is 17.1 Å². The maximum Gasteiger partial charge on any atom is 0.272 e. The third-order valence-corrected chi connectivity index (χ3v) is 7.35. The van der Waals surface area contributed by atoms with Crippen molar-refractivity contribution in [3.63, 3.8) is 0 Å². The van der Waals surface area contributed by atoms with Gasteiger partial charge in [-0.1, -0.05) is 12.1 Å². The summed E-state index contributed by atoms with van der Waals surface area (Å²) in [6.07, 6.45) is 0.515. The molecule has 0 spiro atoms. The first-order chi connectivity index (χ1) is 15.3. The molecule has 0 radical (unpaired) electrons. The highest BCUT2D eigenvalue weighted by Crippen LogP contribution is 2.33. The molecule has 1 unspecified atom stereocenters. The van der Waals surface area contributed by atoms with Crippen molar-refractivity contribution in [2.24, 2.45) is 0 Å². The number of aromatic nitrogens is 3. The number of aryl methyl sites for hydroxylation is 1. The van der Waals surface area contributed by atoms with Gasteiger partial charge in [0, 0.05) is 19.2 Å². The van der Waals surface area contributed by atoms with E-state index in [1.807, 2.05) is 41.8 Å². The molecular weight excluding hydrogens is 432 g/mol. The minimum Gasteiger partial charge on any atom is -0.497 e. The summed E-state index contributed by atoms with van der Waals surface area (Å²) >= 11 is 0. The van der Waals surface area contributed by atoms with Gasteiger partial charge < -0.3 is 19.4 Å². The number of nitrogens with one attached hydrogen (secondary N) is 1. The van der Waals surface area contributed by atoms with Gasteiger partial charge >= 0.3 is 0 Å². The van der Waals surface area contributed by atoms with E-state index in [1.165, 1.54) is 0 Å². The number of imidazole rings is 1. The number of nitrogens with zero attached hydrogens (tertiary/aromatic N) is 3. The van der Waals surface area contributed by atoms with Crippen LogP contribution in [0.5, 0.6) is 5.75 Å². The van der Waals surface area contributed by atoms with Crippen LogP contribution in [-0.4, -0.2) is 67.7 Å². The summed E-state index contributed by atoms with van der Waals surface area (Å²) in [4.78, 5) is 22.2. The van der Waals surface area contributed by atoms with Crippen molar-refractivity contribution < 1.29 is 22.7 Å². The molecule has 10 heteroatoms. The average Bonchev–Trinajstić information content (AvgIpc) is 3.30. The Kier molecular flexibility index (Phi) is 6.16. The number of hydrogen-bond acceptors (Lipinski definition) is 7. The molecule has 1 fully saturated rings. The molecule has 1 amide bonds. The van der Waals surface area contributed by atoms with E-state index in [4.69, 9.17) is 9.47 Å². The number of fused-ring (bicyclic) bond motifs is 1. The van der Waals surface area contributed by atoms with E-state index in [0.29, 0.717) is 47.9 Å². The van der Waals surface area contributed by atoms with Gasteiger partial charge in [0.15, 0.2) is 15.5 Å². The molecule has 1 aromatic carbocycles. The molecule has 9 nitrogen and oxygen atoms in total. The summed E-state index contributed by atoms with van der Waals surface area (Å²) in [6.45, 7) is 2.53. The van der Waals surface area contributed by atoms with Crippen LogP contribution < -0.4 is 10.1 Å². The summed E-state index contributed by atoms with van der Waals surface area (Å²) in [6, 6.07) is 9.05. The molecule has 3 heterocycles. The van der Waals surface area contributed by atoms with Crippen LogP contribution in [0.25, 0.3) is 22.3 Å². The Labute approximate surface area is 186 Å². The Morgan fingerprint density at radius 2 is 2.06 bits per heavy atom. The van der Waals surface area contributed by atoms with Gasteiger partial charge in [0.2, 0.25) is 0 Å². The predicted molar refractivity (Wildman–Crippen MR) is 121 cm³/mol. The summed E-state index contributed by atoms with van der Waals surface area (Å²) in [5.74, 6) is 1.17. The highest BCUT2D eigenvalue weighted by molar-refractivity contribution is 7.91. The lowest BCUT2D eigenvalue weighted by atomic mass is 10.1. The van der Waals surface area contributed by atoms with Crippen LogP contribution in [0.1, 0.15) is 28.8 Å². The van der Waals surface area contributed by atoms with Crippen LogP contribution in [0.3, 0.4) is 0 Å². The Hall–Kier alpha value is -2.98. The van der Waals surface area contributed by atoms with Gasteiger partial charge in [0.05, 0.1) is 42.5 Å². The summed E-state index contributed by atoms with van der Waals surface area (Å²) in [5, 5.41) is 2.81. The van der Waals surface area contributed by atoms with Gasteiger partial charge in [0.25, 0.3) is 5.91 Å². The van der Waals surface area contributed by atoms with E-state index >= 15 is 0 Å². The number of carbonyl (C=O) groups is 1. The van der Waals surface area contributed by atoms with Crippen LogP contribution >= 0.6 is 0 Å². The number of carbonyl (C=O) groups excluding carboxylic acids is 1. The van der Waals surface area contributed by atoms with Crippen molar-refractivity contribution in [1.82, 2.24) is 19.9 Å². The zero-order valence-electron chi connectivity index (χ0n) is 18.3. The zero-order valence-corrected chi connectivity index (χ0v) is 19.1. The number of pyridine rings is 1. The standard InChI is InChI=1S/C22H26N4O5S/c1-14-24-20-19(26(14)16-7-10-32(28,29)13-16)12-18(15-5-4-6-17(11-15)31-3)25-21(20)22(27)23-8-9-30-2/h4-6,11-12,16H,7-10,13H2,1-3H3,(H,23,27). The molecule has 0 bridgehead atoms. The van der Waals surface area contributed by atoms with E-state index in [1.54, 1.807) is 14.2 Å². The molecule has 1 aliphatic rings. The topological polar surface area (TPSA) is 112 Å². The maximum atomic E-state index is 13.0. The highest BCUT2D eigenvalue weighted by atomic mass is 32.2. The normalized spacial score (nSPS) is 17.5. The number of benzene rings is 1. The molecule has 0 aliphatic carbocycles. The quantitative estimate of drug-likeness (QED) is 0.540. The smallest absolute Gasteiger partial charge is 0.272 e. The van der Waals surface area contributed by atoms with E-state index in [0.717, 1.165) is 5.56 Å². The molecule has 1 N–H and O–H groups in total. The number of hydrogen-bond donors (Lipinski definition) is 1. The minimum atomic E-state index is -3.09. The second-order valence-corrected chi connectivity index (χ2v) is 10.0. The largest absolute Gasteiger partial charge is 0.497 e. The number of rotatable bonds is 7. The molecule has 3 aromatic rings. The molecule has 1 aliphatic heterocycles. The lowest BCUT2D eigenvalue weighted by molar-refractivity contribution is 0.0934. The lowest BCUT2D eigenvalue weighted by Crippen LogP contribution is -2.28. The lowest BCUT2D eigenvalue weighted by Gasteiger charge is -2.15. The molecule has 32 heavy (non-hydrogen) atoms. The molecular formula is C22H26N4O5S. The Balaban J connectivity index is 1.88. The van der Waals surface area contributed by atoms with Crippen LogP contribution in [0.2, 0.25) is 0 Å². The third-order valence-electron chi connectivity index (χ3n) is 5.60. The second kappa shape index (κ2) is 8.87. The number of amides is 1. The van der Waals surface area contributed by atoms with Gasteiger partial charge in [-0.3, -0.25) is 4.79 Å². The zero-order chi connectivity index (χ0) is 22.9. The van der Waals surface area contributed by atoms with E-state index in [2.05, 4.69) is 15.3 Å². The summed E-state index contributed by atoms with van der Waals surface area (Å²) < 4.78 is 36.5. The van der Waals surface area contributed by atoms with Crippen molar-refractivity contribution in [3.8, 4) is 17.0 Å². The highest BCUT2D eigenvalue weighted by Gasteiger charge is 2.32. The second-order valence-electron chi connectivity index (χ2n) is 7.79. The minimum absolute atomic E-state index is 0.0610. The fourth-order valence-electron chi connectivity index (χ4n) is 4.09. The first-order valence-corrected chi connectivity index (χ1v) is 12.2. The Bertz CT molecular complexity index is 1270. The van der Waals surface area contributed by atoms with E-state index in [9.17, 15) is 13.2 Å². The fourth-order valence-corrected chi connectivity index (χ4v) is 5.79. The van der Waals surface area contributed by atoms with Crippen molar-refractivity contribution in [1.29, 1.82) is 0 Å². The van der Waals surface area contributed by atoms with Gasteiger partial charge in [-0.15, -0.1) is 0 Å². The van der Waals surface area contributed by atoms with Crippen molar-refractivity contribution in [2.45, 2.75) is 19.4 Å². The number of sulfone groups is 1. The van der Waals surface area contributed by atoms with Gasteiger partial charge in [-0.05, 0) is 31.5 Å². The first kappa shape index (κ1) is 22.2. The van der Waals surface area contributed by atoms with Crippen LogP contribution in [0.4, 0.5) is 0 Å². The van der Waals surface area contributed by atoms with Gasteiger partial charge in [-0.2, -0.15) is 0 Å². The first-order valence-electron chi connectivity index (χ1n) is 10.3. The fraction of sp³-hybridized carbons (Fsp3) is 0.409. The third kappa shape index (κ3) is 4.33. The molecule has 1 saturated heterocycles. The molecule has 2 aromatic heterocycles. The SMILES string of the molecule is COCCNC(=O)c1nc(-c2cccc(OC)c2)cc2c1nc(C)n2C1CCS(=O)(=O)C1. The molecule has 1 atom stereocenters. The predicted octanol–water partition coefficient (Wildman–Crippen LogP) is 2.15. The monoisotopic (exact) mass is 458 g/mol. The Morgan fingerprint density at radius 3 is 2.75 bits per heavy atom.